The fourth-order valence-corrected chi connectivity index (χ4v) is 1.45. The van der Waals surface area contributed by atoms with Gasteiger partial charge in [0.2, 0.25) is 0 Å². The topological polar surface area (TPSA) is 52.0 Å². The van der Waals surface area contributed by atoms with Gasteiger partial charge < -0.3 is 10.1 Å². The zero-order chi connectivity index (χ0) is 12.3. The SMILES string of the molecule is COc1ccc(NCc2cn(C)nn2)cc1F. The van der Waals surface area contributed by atoms with Gasteiger partial charge >= 0.3 is 0 Å². The molecule has 0 amide bonds. The Bertz CT molecular complexity index is 512. The Morgan fingerprint density at radius 2 is 2.29 bits per heavy atom. The molecule has 2 aromatic rings. The van der Waals surface area contributed by atoms with Crippen LogP contribution in [0.5, 0.6) is 5.75 Å². The number of nitrogens with one attached hydrogen (secondary N) is 1. The Balaban J connectivity index is 2.02. The Morgan fingerprint density at radius 1 is 1.47 bits per heavy atom. The predicted octanol–water partition coefficient (Wildman–Crippen LogP) is 1.57. The fraction of sp³-hybridized carbons (Fsp3) is 0.273. The summed E-state index contributed by atoms with van der Waals surface area (Å²) in [5.74, 6) is -0.160. The molecule has 0 spiro atoms. The molecule has 2 rings (SSSR count). The summed E-state index contributed by atoms with van der Waals surface area (Å²) >= 11 is 0. The summed E-state index contributed by atoms with van der Waals surface area (Å²) < 4.78 is 19.8. The quantitative estimate of drug-likeness (QED) is 0.875. The highest BCUT2D eigenvalue weighted by Crippen LogP contribution is 2.20. The van der Waals surface area contributed by atoms with E-state index in [1.54, 1.807) is 30.1 Å². The number of aryl methyl sites for hydroxylation is 1. The molecular weight excluding hydrogens is 223 g/mol. The number of aromatic nitrogens is 3. The van der Waals surface area contributed by atoms with E-state index in [2.05, 4.69) is 15.6 Å². The van der Waals surface area contributed by atoms with Crippen molar-refractivity contribution in [2.24, 2.45) is 7.05 Å². The Labute approximate surface area is 98.2 Å². The number of ether oxygens (including phenoxy) is 1. The molecule has 0 aliphatic heterocycles. The van der Waals surface area contributed by atoms with Gasteiger partial charge in [-0.1, -0.05) is 5.21 Å². The van der Waals surface area contributed by atoms with E-state index in [1.165, 1.54) is 13.2 Å². The first-order valence-electron chi connectivity index (χ1n) is 5.11. The molecule has 1 aromatic heterocycles. The lowest BCUT2D eigenvalue weighted by Crippen LogP contribution is -2.00. The van der Waals surface area contributed by atoms with Gasteiger partial charge in [0.15, 0.2) is 11.6 Å². The van der Waals surface area contributed by atoms with E-state index >= 15 is 0 Å². The molecular formula is C11H13FN4O. The van der Waals surface area contributed by atoms with E-state index in [1.807, 2.05) is 0 Å². The average Bonchev–Trinajstić information content (AvgIpc) is 2.73. The molecule has 0 saturated carbocycles. The number of methoxy groups -OCH3 is 1. The number of nitrogens with zero attached hydrogens (tertiary/aromatic N) is 3. The van der Waals surface area contributed by atoms with Gasteiger partial charge in [0, 0.05) is 25.0 Å². The van der Waals surface area contributed by atoms with Crippen molar-refractivity contribution in [2.75, 3.05) is 12.4 Å². The summed E-state index contributed by atoms with van der Waals surface area (Å²) in [5.41, 5.74) is 1.47. The third-order valence-electron chi connectivity index (χ3n) is 2.28. The van der Waals surface area contributed by atoms with Crippen LogP contribution in [-0.2, 0) is 13.6 Å². The lowest BCUT2D eigenvalue weighted by molar-refractivity contribution is 0.386. The number of benzene rings is 1. The minimum absolute atomic E-state index is 0.232. The van der Waals surface area contributed by atoms with Crippen molar-refractivity contribution in [1.29, 1.82) is 0 Å². The van der Waals surface area contributed by atoms with Crippen molar-refractivity contribution >= 4 is 5.69 Å². The van der Waals surface area contributed by atoms with Gasteiger partial charge in [-0.25, -0.2) is 4.39 Å². The van der Waals surface area contributed by atoms with E-state index in [0.717, 1.165) is 5.69 Å². The molecule has 90 valence electrons. The fourth-order valence-electron chi connectivity index (χ4n) is 1.45. The maximum absolute atomic E-state index is 13.4. The van der Waals surface area contributed by atoms with E-state index < -0.39 is 5.82 Å². The van der Waals surface area contributed by atoms with Gasteiger partial charge in [-0.2, -0.15) is 0 Å². The molecule has 0 fully saturated rings. The minimum atomic E-state index is -0.392. The highest BCUT2D eigenvalue weighted by Gasteiger charge is 2.04. The maximum Gasteiger partial charge on any atom is 0.167 e. The van der Waals surface area contributed by atoms with Gasteiger partial charge in [0.1, 0.15) is 5.69 Å². The Hall–Kier alpha value is -2.11. The molecule has 0 aliphatic carbocycles. The second-order valence-electron chi connectivity index (χ2n) is 3.59. The summed E-state index contributed by atoms with van der Waals surface area (Å²) in [7, 11) is 3.23. The molecule has 0 unspecified atom stereocenters. The van der Waals surface area contributed by atoms with Gasteiger partial charge in [0.25, 0.3) is 0 Å². The first-order valence-corrected chi connectivity index (χ1v) is 5.11. The molecule has 0 bridgehead atoms. The van der Waals surface area contributed by atoms with Crippen LogP contribution >= 0.6 is 0 Å². The van der Waals surface area contributed by atoms with Crippen LogP contribution in [0.25, 0.3) is 0 Å². The molecule has 6 heteroatoms. The van der Waals surface area contributed by atoms with Crippen LogP contribution in [0.4, 0.5) is 10.1 Å². The summed E-state index contributed by atoms with van der Waals surface area (Å²) in [6.07, 6.45) is 1.80. The molecule has 1 N–H and O–H groups in total. The molecule has 0 aliphatic rings. The lowest BCUT2D eigenvalue weighted by atomic mass is 10.3. The Morgan fingerprint density at radius 3 is 2.88 bits per heavy atom. The standard InChI is InChI=1S/C11H13FN4O/c1-16-7-9(14-15-16)6-13-8-3-4-11(17-2)10(12)5-8/h3-5,7,13H,6H2,1-2H3. The van der Waals surface area contributed by atoms with Crippen LogP contribution in [0.1, 0.15) is 5.69 Å². The van der Waals surface area contributed by atoms with Gasteiger partial charge in [-0.3, -0.25) is 4.68 Å². The lowest BCUT2D eigenvalue weighted by Gasteiger charge is -2.06. The van der Waals surface area contributed by atoms with Crippen molar-refractivity contribution in [3.8, 4) is 5.75 Å². The molecule has 17 heavy (non-hydrogen) atoms. The van der Waals surface area contributed by atoms with E-state index in [4.69, 9.17) is 4.74 Å². The molecule has 0 atom stereocenters. The maximum atomic E-state index is 13.4. The third kappa shape index (κ3) is 2.72. The minimum Gasteiger partial charge on any atom is -0.494 e. The number of hydrogen-bond acceptors (Lipinski definition) is 4. The predicted molar refractivity (Wildman–Crippen MR) is 61.3 cm³/mol. The average molecular weight is 236 g/mol. The highest BCUT2D eigenvalue weighted by atomic mass is 19.1. The van der Waals surface area contributed by atoms with E-state index in [-0.39, 0.29) is 5.75 Å². The van der Waals surface area contributed by atoms with Crippen molar-refractivity contribution in [3.05, 3.63) is 35.9 Å². The van der Waals surface area contributed by atoms with Crippen LogP contribution in [0.3, 0.4) is 0 Å². The Kier molecular flexibility index (Phi) is 3.22. The van der Waals surface area contributed by atoms with Crippen LogP contribution in [0, 0.1) is 5.82 Å². The van der Waals surface area contributed by atoms with Crippen LogP contribution in [0.2, 0.25) is 0 Å². The van der Waals surface area contributed by atoms with E-state index in [9.17, 15) is 4.39 Å². The molecule has 1 aromatic carbocycles. The van der Waals surface area contributed by atoms with Gasteiger partial charge in [0.05, 0.1) is 13.7 Å². The van der Waals surface area contributed by atoms with Crippen LogP contribution < -0.4 is 10.1 Å². The molecule has 0 saturated heterocycles. The monoisotopic (exact) mass is 236 g/mol. The number of hydrogen-bond donors (Lipinski definition) is 1. The summed E-state index contributed by atoms with van der Waals surface area (Å²) in [4.78, 5) is 0. The number of halogens is 1. The largest absolute Gasteiger partial charge is 0.494 e. The first kappa shape index (κ1) is 11.4. The first-order chi connectivity index (χ1) is 8.19. The summed E-state index contributed by atoms with van der Waals surface area (Å²) in [5, 5.41) is 10.8. The van der Waals surface area contributed by atoms with Crippen LogP contribution in [-0.4, -0.2) is 22.1 Å². The molecule has 0 radical (unpaired) electrons. The normalized spacial score (nSPS) is 10.3. The number of anilines is 1. The second kappa shape index (κ2) is 4.82. The van der Waals surface area contributed by atoms with Crippen molar-refractivity contribution in [2.45, 2.75) is 6.54 Å². The molecule has 1 heterocycles. The van der Waals surface area contributed by atoms with Crippen molar-refractivity contribution in [1.82, 2.24) is 15.0 Å². The van der Waals surface area contributed by atoms with Crippen molar-refractivity contribution < 1.29 is 9.13 Å². The van der Waals surface area contributed by atoms with E-state index in [0.29, 0.717) is 12.2 Å². The summed E-state index contributed by atoms with van der Waals surface area (Å²) in [6.45, 7) is 0.500. The van der Waals surface area contributed by atoms with Crippen LogP contribution in [0.15, 0.2) is 24.4 Å². The van der Waals surface area contributed by atoms with Gasteiger partial charge in [-0.15, -0.1) is 5.10 Å². The van der Waals surface area contributed by atoms with Gasteiger partial charge in [-0.05, 0) is 12.1 Å². The zero-order valence-corrected chi connectivity index (χ0v) is 9.64. The number of rotatable bonds is 4. The third-order valence-corrected chi connectivity index (χ3v) is 2.28. The highest BCUT2D eigenvalue weighted by molar-refractivity contribution is 5.47. The second-order valence-corrected chi connectivity index (χ2v) is 3.59. The van der Waals surface area contributed by atoms with Crippen molar-refractivity contribution in [3.63, 3.8) is 0 Å². The summed E-state index contributed by atoms with van der Waals surface area (Å²) in [6, 6.07) is 4.71. The zero-order valence-electron chi connectivity index (χ0n) is 9.64. The smallest absolute Gasteiger partial charge is 0.167 e. The molecule has 5 nitrogen and oxygen atoms in total.